The van der Waals surface area contributed by atoms with E-state index in [-0.39, 0.29) is 12.1 Å². The number of hydrogen-bond acceptors (Lipinski definition) is 3. The van der Waals surface area contributed by atoms with Crippen molar-refractivity contribution in [2.75, 3.05) is 13.1 Å². The smallest absolute Gasteiger partial charge is 0.410 e. The first-order valence-electron chi connectivity index (χ1n) is 7.56. The van der Waals surface area contributed by atoms with Crippen molar-refractivity contribution in [1.29, 1.82) is 0 Å². The largest absolute Gasteiger partial charge is 0.444 e. The SMILES string of the molecule is Cc1ccc([C@H]2CCN(C(=O)OC(C)(C)C)C[C@H]2N)cc1. The van der Waals surface area contributed by atoms with Gasteiger partial charge in [0.2, 0.25) is 0 Å². The summed E-state index contributed by atoms with van der Waals surface area (Å²) in [5, 5.41) is 0. The molecule has 1 aliphatic rings. The van der Waals surface area contributed by atoms with Crippen LogP contribution in [0.2, 0.25) is 0 Å². The molecule has 1 aliphatic heterocycles. The minimum absolute atomic E-state index is 0.0472. The van der Waals surface area contributed by atoms with Crippen molar-refractivity contribution in [2.24, 2.45) is 5.73 Å². The van der Waals surface area contributed by atoms with Crippen LogP contribution in [-0.4, -0.2) is 35.7 Å². The van der Waals surface area contributed by atoms with E-state index in [1.165, 1.54) is 11.1 Å². The van der Waals surface area contributed by atoms with Crippen LogP contribution in [0, 0.1) is 6.92 Å². The molecule has 0 bridgehead atoms. The zero-order valence-corrected chi connectivity index (χ0v) is 13.4. The van der Waals surface area contributed by atoms with Crippen molar-refractivity contribution in [1.82, 2.24) is 4.90 Å². The summed E-state index contributed by atoms with van der Waals surface area (Å²) in [4.78, 5) is 13.8. The summed E-state index contributed by atoms with van der Waals surface area (Å²) in [6.07, 6.45) is 0.615. The third-order valence-corrected chi connectivity index (χ3v) is 3.82. The number of carbonyl (C=O) groups excluding carboxylic acids is 1. The molecule has 0 aliphatic carbocycles. The Kier molecular flexibility index (Phi) is 4.57. The molecule has 4 nitrogen and oxygen atoms in total. The van der Waals surface area contributed by atoms with Crippen LogP contribution in [0.25, 0.3) is 0 Å². The van der Waals surface area contributed by atoms with Gasteiger partial charge in [0, 0.05) is 25.0 Å². The van der Waals surface area contributed by atoms with E-state index in [1.807, 2.05) is 20.8 Å². The fraction of sp³-hybridized carbons (Fsp3) is 0.588. The third-order valence-electron chi connectivity index (χ3n) is 3.82. The Balaban J connectivity index is 1.99. The second-order valence-corrected chi connectivity index (χ2v) is 6.90. The molecule has 2 N–H and O–H groups in total. The van der Waals surface area contributed by atoms with Gasteiger partial charge in [-0.25, -0.2) is 4.79 Å². The molecular formula is C17H26N2O2. The molecular weight excluding hydrogens is 264 g/mol. The topological polar surface area (TPSA) is 55.6 Å². The number of amides is 1. The number of ether oxygens (including phenoxy) is 1. The molecule has 0 spiro atoms. The number of rotatable bonds is 1. The lowest BCUT2D eigenvalue weighted by molar-refractivity contribution is 0.0186. The van der Waals surface area contributed by atoms with Gasteiger partial charge >= 0.3 is 6.09 Å². The van der Waals surface area contributed by atoms with Gasteiger partial charge in [-0.05, 0) is 39.7 Å². The highest BCUT2D eigenvalue weighted by Gasteiger charge is 2.32. The first-order chi connectivity index (χ1) is 9.76. The van der Waals surface area contributed by atoms with E-state index < -0.39 is 5.60 Å². The molecule has 0 aromatic heterocycles. The summed E-state index contributed by atoms with van der Waals surface area (Å²) in [6, 6.07) is 8.46. The number of piperidine rings is 1. The van der Waals surface area contributed by atoms with Crippen LogP contribution in [0.5, 0.6) is 0 Å². The van der Waals surface area contributed by atoms with Crippen LogP contribution in [0.15, 0.2) is 24.3 Å². The van der Waals surface area contributed by atoms with Gasteiger partial charge in [-0.3, -0.25) is 0 Å². The Morgan fingerprint density at radius 2 is 1.90 bits per heavy atom. The van der Waals surface area contributed by atoms with Crippen LogP contribution in [0.4, 0.5) is 4.79 Å². The fourth-order valence-corrected chi connectivity index (χ4v) is 2.70. The quantitative estimate of drug-likeness (QED) is 0.865. The van der Waals surface area contributed by atoms with E-state index in [1.54, 1.807) is 4.90 Å². The van der Waals surface area contributed by atoms with Gasteiger partial charge in [-0.15, -0.1) is 0 Å². The predicted octanol–water partition coefficient (Wildman–Crippen LogP) is 3.05. The van der Waals surface area contributed by atoms with Crippen molar-refractivity contribution in [3.8, 4) is 0 Å². The van der Waals surface area contributed by atoms with Gasteiger partial charge in [0.15, 0.2) is 0 Å². The molecule has 0 unspecified atom stereocenters. The minimum atomic E-state index is -0.463. The van der Waals surface area contributed by atoms with Crippen LogP contribution in [0.1, 0.15) is 44.2 Å². The molecule has 1 fully saturated rings. The Hall–Kier alpha value is -1.55. The molecule has 4 heteroatoms. The molecule has 116 valence electrons. The van der Waals surface area contributed by atoms with Crippen molar-refractivity contribution >= 4 is 6.09 Å². The Morgan fingerprint density at radius 1 is 1.29 bits per heavy atom. The molecule has 1 saturated heterocycles. The fourth-order valence-electron chi connectivity index (χ4n) is 2.70. The maximum atomic E-state index is 12.1. The van der Waals surface area contributed by atoms with Crippen molar-refractivity contribution in [3.05, 3.63) is 35.4 Å². The van der Waals surface area contributed by atoms with Gasteiger partial charge in [0.1, 0.15) is 5.60 Å². The van der Waals surface area contributed by atoms with E-state index in [0.29, 0.717) is 19.0 Å². The van der Waals surface area contributed by atoms with Crippen molar-refractivity contribution in [3.63, 3.8) is 0 Å². The summed E-state index contributed by atoms with van der Waals surface area (Å²) in [6.45, 7) is 8.96. The number of nitrogens with two attached hydrogens (primary N) is 1. The van der Waals surface area contributed by atoms with Gasteiger partial charge in [0.25, 0.3) is 0 Å². The summed E-state index contributed by atoms with van der Waals surface area (Å²) in [7, 11) is 0. The number of benzene rings is 1. The highest BCUT2D eigenvalue weighted by atomic mass is 16.6. The van der Waals surface area contributed by atoms with Crippen LogP contribution < -0.4 is 5.73 Å². The molecule has 1 amide bonds. The van der Waals surface area contributed by atoms with Gasteiger partial charge < -0.3 is 15.4 Å². The molecule has 1 aromatic carbocycles. The van der Waals surface area contributed by atoms with Crippen LogP contribution in [-0.2, 0) is 4.74 Å². The maximum absolute atomic E-state index is 12.1. The molecule has 1 heterocycles. The standard InChI is InChI=1S/C17H26N2O2/c1-12-5-7-13(8-6-12)14-9-10-19(11-15(14)18)16(20)21-17(2,3)4/h5-8,14-15H,9-11,18H2,1-4H3/t14-,15-/m1/s1. The zero-order valence-electron chi connectivity index (χ0n) is 13.4. The monoisotopic (exact) mass is 290 g/mol. The number of aryl methyl sites for hydroxylation is 1. The maximum Gasteiger partial charge on any atom is 0.410 e. The number of nitrogens with zero attached hydrogens (tertiary/aromatic N) is 1. The first-order valence-corrected chi connectivity index (χ1v) is 7.56. The number of likely N-dealkylation sites (tertiary alicyclic amines) is 1. The average molecular weight is 290 g/mol. The van der Waals surface area contributed by atoms with Crippen molar-refractivity contribution in [2.45, 2.75) is 51.7 Å². The molecule has 0 radical (unpaired) electrons. The summed E-state index contributed by atoms with van der Waals surface area (Å²) < 4.78 is 5.41. The van der Waals surface area contributed by atoms with E-state index in [4.69, 9.17) is 10.5 Å². The van der Waals surface area contributed by atoms with Gasteiger partial charge in [-0.2, -0.15) is 0 Å². The average Bonchev–Trinajstić information content (AvgIpc) is 2.38. The van der Waals surface area contributed by atoms with Gasteiger partial charge in [-0.1, -0.05) is 29.8 Å². The number of hydrogen-bond donors (Lipinski definition) is 1. The Bertz CT molecular complexity index is 491. The molecule has 0 saturated carbocycles. The summed E-state index contributed by atoms with van der Waals surface area (Å²) in [5.41, 5.74) is 8.34. The third kappa shape index (κ3) is 4.21. The molecule has 1 aromatic rings. The summed E-state index contributed by atoms with van der Waals surface area (Å²) >= 11 is 0. The van der Waals surface area contributed by atoms with Gasteiger partial charge in [0.05, 0.1) is 0 Å². The molecule has 2 atom stereocenters. The van der Waals surface area contributed by atoms with E-state index in [2.05, 4.69) is 31.2 Å². The van der Waals surface area contributed by atoms with E-state index >= 15 is 0 Å². The predicted molar refractivity (Wildman–Crippen MR) is 84.3 cm³/mol. The minimum Gasteiger partial charge on any atom is -0.444 e. The Morgan fingerprint density at radius 3 is 2.43 bits per heavy atom. The second-order valence-electron chi connectivity index (χ2n) is 6.90. The van der Waals surface area contributed by atoms with Crippen LogP contribution in [0.3, 0.4) is 0 Å². The van der Waals surface area contributed by atoms with Crippen molar-refractivity contribution < 1.29 is 9.53 Å². The lowest BCUT2D eigenvalue weighted by Crippen LogP contribution is -2.50. The normalized spacial score (nSPS) is 23.0. The zero-order chi connectivity index (χ0) is 15.6. The Labute approximate surface area is 127 Å². The highest BCUT2D eigenvalue weighted by molar-refractivity contribution is 5.68. The summed E-state index contributed by atoms with van der Waals surface area (Å²) in [5.74, 6) is 0.310. The van der Waals surface area contributed by atoms with Crippen LogP contribution >= 0.6 is 0 Å². The molecule has 21 heavy (non-hydrogen) atoms. The first kappa shape index (κ1) is 15.8. The number of carbonyl (C=O) groups is 1. The van der Waals surface area contributed by atoms with E-state index in [9.17, 15) is 4.79 Å². The molecule has 2 rings (SSSR count). The lowest BCUT2D eigenvalue weighted by Gasteiger charge is -2.37. The second kappa shape index (κ2) is 6.06. The van der Waals surface area contributed by atoms with E-state index in [0.717, 1.165) is 6.42 Å². The lowest BCUT2D eigenvalue weighted by atomic mass is 9.85. The highest BCUT2D eigenvalue weighted by Crippen LogP contribution is 2.28.